The van der Waals surface area contributed by atoms with Gasteiger partial charge in [-0.1, -0.05) is 15.9 Å². The molecule has 1 aromatic rings. The maximum atomic E-state index is 13.3. The van der Waals surface area contributed by atoms with Crippen LogP contribution in [0.25, 0.3) is 0 Å². The molecule has 0 fully saturated rings. The van der Waals surface area contributed by atoms with Crippen LogP contribution >= 0.6 is 15.9 Å². The van der Waals surface area contributed by atoms with Gasteiger partial charge in [0.1, 0.15) is 5.82 Å². The van der Waals surface area contributed by atoms with Crippen molar-refractivity contribution in [2.24, 2.45) is 0 Å². The number of rotatable bonds is 3. The number of Topliss-reactive ketones (excluding diaryl/α,β-unsaturated/α-hetero) is 1. The molecule has 0 radical (unpaired) electrons. The third-order valence-corrected chi connectivity index (χ3v) is 2.21. The molecule has 0 heterocycles. The van der Waals surface area contributed by atoms with Crippen molar-refractivity contribution in [2.75, 3.05) is 0 Å². The molecule has 6 heteroatoms. The Morgan fingerprint density at radius 3 is 2.60 bits per heavy atom. The van der Waals surface area contributed by atoms with Gasteiger partial charge in [-0.05, 0) is 13.0 Å². The first-order valence-corrected chi connectivity index (χ1v) is 4.97. The highest BCUT2D eigenvalue weighted by atomic mass is 79.9. The summed E-state index contributed by atoms with van der Waals surface area (Å²) in [5.41, 5.74) is -0.517. The lowest BCUT2D eigenvalue weighted by Gasteiger charge is -2.03. The van der Waals surface area contributed by atoms with E-state index in [1.54, 1.807) is 6.92 Å². The zero-order valence-electron chi connectivity index (χ0n) is 7.74. The van der Waals surface area contributed by atoms with Crippen LogP contribution in [0.2, 0.25) is 0 Å². The van der Waals surface area contributed by atoms with Crippen LogP contribution in [0.4, 0.5) is 10.1 Å². The summed E-state index contributed by atoms with van der Waals surface area (Å²) in [6.45, 7) is 1.56. The summed E-state index contributed by atoms with van der Waals surface area (Å²) >= 11 is 3.01. The molecule has 80 valence electrons. The summed E-state index contributed by atoms with van der Waals surface area (Å²) in [4.78, 5) is 20.5. The van der Waals surface area contributed by atoms with E-state index >= 15 is 0 Å². The van der Waals surface area contributed by atoms with Crippen molar-refractivity contribution < 1.29 is 14.1 Å². The van der Waals surface area contributed by atoms with Crippen molar-refractivity contribution in [1.29, 1.82) is 0 Å². The smallest absolute Gasteiger partial charge is 0.272 e. The molecule has 0 saturated heterocycles. The van der Waals surface area contributed by atoms with Crippen LogP contribution in [-0.4, -0.2) is 15.5 Å². The van der Waals surface area contributed by atoms with Gasteiger partial charge in [0, 0.05) is 6.07 Å². The predicted molar refractivity (Wildman–Crippen MR) is 55.8 cm³/mol. The quantitative estimate of drug-likeness (QED) is 0.369. The second kappa shape index (κ2) is 4.48. The Balaban J connectivity index is 3.14. The molecule has 1 atom stereocenters. The van der Waals surface area contributed by atoms with E-state index in [9.17, 15) is 19.3 Å². The van der Waals surface area contributed by atoms with Crippen molar-refractivity contribution in [3.63, 3.8) is 0 Å². The minimum Gasteiger partial charge on any atom is -0.293 e. The number of alkyl halides is 1. The predicted octanol–water partition coefficient (Wildman–Crippen LogP) is 2.70. The van der Waals surface area contributed by atoms with Gasteiger partial charge in [-0.3, -0.25) is 14.9 Å². The number of carbonyl (C=O) groups is 1. The number of benzene rings is 1. The number of hydrogen-bond donors (Lipinski definition) is 0. The molecular weight excluding hydrogens is 269 g/mol. The minimum atomic E-state index is -0.875. The molecule has 0 N–H and O–H groups in total. The molecule has 0 spiro atoms. The van der Waals surface area contributed by atoms with Crippen molar-refractivity contribution in [2.45, 2.75) is 11.8 Å². The lowest BCUT2D eigenvalue weighted by atomic mass is 10.1. The Hall–Kier alpha value is -1.30. The van der Waals surface area contributed by atoms with Gasteiger partial charge in [0.15, 0.2) is 5.78 Å². The number of non-ortho nitro benzene ring substituents is 1. The number of nitro benzene ring substituents is 1. The number of hydrogen-bond acceptors (Lipinski definition) is 3. The van der Waals surface area contributed by atoms with Gasteiger partial charge < -0.3 is 0 Å². The summed E-state index contributed by atoms with van der Waals surface area (Å²) in [6, 6.07) is 2.96. The van der Waals surface area contributed by atoms with Crippen LogP contribution in [0.1, 0.15) is 17.3 Å². The van der Waals surface area contributed by atoms with Gasteiger partial charge in [-0.2, -0.15) is 0 Å². The molecule has 0 aromatic heterocycles. The Morgan fingerprint density at radius 2 is 2.20 bits per heavy atom. The van der Waals surface area contributed by atoms with E-state index in [2.05, 4.69) is 15.9 Å². The molecule has 0 aliphatic rings. The van der Waals surface area contributed by atoms with E-state index in [0.29, 0.717) is 0 Å². The molecule has 1 rings (SSSR count). The normalized spacial score (nSPS) is 12.2. The van der Waals surface area contributed by atoms with E-state index in [1.165, 1.54) is 0 Å². The first kappa shape index (κ1) is 11.8. The van der Waals surface area contributed by atoms with Crippen LogP contribution in [-0.2, 0) is 0 Å². The number of nitrogens with zero attached hydrogens (tertiary/aromatic N) is 1. The maximum absolute atomic E-state index is 13.3. The number of carbonyl (C=O) groups excluding carboxylic acids is 1. The average Bonchev–Trinajstić information content (AvgIpc) is 2.16. The maximum Gasteiger partial charge on any atom is 0.272 e. The van der Waals surface area contributed by atoms with Crippen molar-refractivity contribution in [3.8, 4) is 0 Å². The van der Waals surface area contributed by atoms with Crippen LogP contribution < -0.4 is 0 Å². The van der Waals surface area contributed by atoms with Crippen molar-refractivity contribution in [3.05, 3.63) is 39.7 Å². The second-order valence-corrected chi connectivity index (χ2v) is 4.28. The molecule has 1 aromatic carbocycles. The molecule has 0 aliphatic carbocycles. The fraction of sp³-hybridized carbons (Fsp3) is 0.222. The molecule has 0 saturated carbocycles. The molecule has 1 unspecified atom stereocenters. The molecule has 0 amide bonds. The lowest BCUT2D eigenvalue weighted by Crippen LogP contribution is -2.12. The fourth-order valence-corrected chi connectivity index (χ4v) is 1.28. The highest BCUT2D eigenvalue weighted by Gasteiger charge is 2.18. The second-order valence-electron chi connectivity index (χ2n) is 2.90. The molecule has 0 aliphatic heterocycles. The van der Waals surface area contributed by atoms with Crippen LogP contribution in [0, 0.1) is 15.9 Å². The third kappa shape index (κ3) is 2.59. The highest BCUT2D eigenvalue weighted by Crippen LogP contribution is 2.19. The van der Waals surface area contributed by atoms with Crippen molar-refractivity contribution >= 4 is 27.4 Å². The lowest BCUT2D eigenvalue weighted by molar-refractivity contribution is -0.385. The van der Waals surface area contributed by atoms with Gasteiger partial charge in [-0.25, -0.2) is 4.39 Å². The van der Waals surface area contributed by atoms with Crippen LogP contribution in [0.15, 0.2) is 18.2 Å². The van der Waals surface area contributed by atoms with E-state index in [1.807, 2.05) is 0 Å². The minimum absolute atomic E-state index is 0.148. The van der Waals surface area contributed by atoms with Crippen LogP contribution in [0.5, 0.6) is 0 Å². The van der Waals surface area contributed by atoms with Crippen molar-refractivity contribution in [1.82, 2.24) is 0 Å². The summed E-state index contributed by atoms with van der Waals surface area (Å²) in [5, 5.41) is 10.3. The first-order valence-electron chi connectivity index (χ1n) is 4.05. The molecule has 4 nitrogen and oxygen atoms in total. The largest absolute Gasteiger partial charge is 0.293 e. The Labute approximate surface area is 93.4 Å². The summed E-state index contributed by atoms with van der Waals surface area (Å²) < 4.78 is 13.3. The Morgan fingerprint density at radius 1 is 1.60 bits per heavy atom. The van der Waals surface area contributed by atoms with Gasteiger partial charge in [0.2, 0.25) is 0 Å². The summed E-state index contributed by atoms with van der Waals surface area (Å²) in [7, 11) is 0. The van der Waals surface area contributed by atoms with E-state index in [4.69, 9.17) is 0 Å². The fourth-order valence-electron chi connectivity index (χ4n) is 1.03. The van der Waals surface area contributed by atoms with Gasteiger partial charge in [-0.15, -0.1) is 0 Å². The zero-order valence-corrected chi connectivity index (χ0v) is 9.32. The topological polar surface area (TPSA) is 60.2 Å². The van der Waals surface area contributed by atoms with E-state index in [-0.39, 0.29) is 11.3 Å². The van der Waals surface area contributed by atoms with Crippen LogP contribution in [0.3, 0.4) is 0 Å². The standard InChI is InChI=1S/C9H7BrFNO3/c1-5(10)9(13)7-3-2-6(12(14)15)4-8(7)11/h2-5H,1H3. The number of nitro groups is 1. The number of ketones is 1. The molecule has 0 bridgehead atoms. The molecular formula is C9H7BrFNO3. The SMILES string of the molecule is CC(Br)C(=O)c1ccc([N+](=O)[O-])cc1F. The first-order chi connectivity index (χ1) is 6.93. The zero-order chi connectivity index (χ0) is 11.6. The van der Waals surface area contributed by atoms with Gasteiger partial charge >= 0.3 is 0 Å². The van der Waals surface area contributed by atoms with Gasteiger partial charge in [0.05, 0.1) is 21.4 Å². The third-order valence-electron chi connectivity index (χ3n) is 1.79. The monoisotopic (exact) mass is 275 g/mol. The summed E-state index contributed by atoms with van der Waals surface area (Å²) in [5.74, 6) is -1.32. The average molecular weight is 276 g/mol. The molecule has 15 heavy (non-hydrogen) atoms. The van der Waals surface area contributed by atoms with E-state index in [0.717, 1.165) is 18.2 Å². The van der Waals surface area contributed by atoms with E-state index < -0.39 is 21.4 Å². The highest BCUT2D eigenvalue weighted by molar-refractivity contribution is 9.10. The Bertz CT molecular complexity index is 420. The summed E-state index contributed by atoms with van der Waals surface area (Å²) in [6.07, 6.45) is 0. The number of halogens is 2. The van der Waals surface area contributed by atoms with Gasteiger partial charge in [0.25, 0.3) is 5.69 Å². The Kier molecular flexibility index (Phi) is 3.52.